The van der Waals surface area contributed by atoms with E-state index >= 15 is 0 Å². The van der Waals surface area contributed by atoms with Gasteiger partial charge in [-0.2, -0.15) is 17.0 Å². The summed E-state index contributed by atoms with van der Waals surface area (Å²) in [7, 11) is 0. The third kappa shape index (κ3) is 2.91. The van der Waals surface area contributed by atoms with Crippen molar-refractivity contribution in [1.82, 2.24) is 4.90 Å². The van der Waals surface area contributed by atoms with E-state index in [0.717, 1.165) is 31.0 Å². The molecule has 78 valence electrons. The Morgan fingerprint density at radius 2 is 2.36 bits per heavy atom. The van der Waals surface area contributed by atoms with Crippen molar-refractivity contribution in [2.45, 2.75) is 19.8 Å². The fourth-order valence-electron chi connectivity index (χ4n) is 1.51. The fourth-order valence-corrected chi connectivity index (χ4v) is 2.39. The molecule has 1 amide bonds. The molecule has 0 saturated carbocycles. The average Bonchev–Trinajstić information content (AvgIpc) is 2.47. The summed E-state index contributed by atoms with van der Waals surface area (Å²) in [5, 5.41) is 8.79. The number of thioether (sulfide) groups is 1. The van der Waals surface area contributed by atoms with Crippen LogP contribution in [0.3, 0.4) is 0 Å². The Bertz CT molecular complexity index is 229. The molecule has 3 nitrogen and oxygen atoms in total. The largest absolute Gasteiger partial charge is 0.341 e. The Kier molecular flexibility index (Phi) is 4.81. The highest BCUT2D eigenvalue weighted by atomic mass is 32.2. The lowest BCUT2D eigenvalue weighted by Gasteiger charge is -2.21. The highest BCUT2D eigenvalue weighted by Gasteiger charge is 2.22. The van der Waals surface area contributed by atoms with Gasteiger partial charge in [-0.25, -0.2) is 0 Å². The van der Waals surface area contributed by atoms with Gasteiger partial charge in [0, 0.05) is 18.8 Å². The van der Waals surface area contributed by atoms with E-state index in [1.165, 1.54) is 0 Å². The molecule has 1 atom stereocenters. The molecule has 14 heavy (non-hydrogen) atoms. The molecule has 4 heteroatoms. The Hall–Kier alpha value is -0.690. The molecule has 0 aliphatic carbocycles. The molecular formula is C10H16N2OS. The van der Waals surface area contributed by atoms with Gasteiger partial charge in [-0.05, 0) is 18.6 Å². The second kappa shape index (κ2) is 5.92. The summed E-state index contributed by atoms with van der Waals surface area (Å²) in [6.45, 7) is 3.52. The molecule has 0 radical (unpaired) electrons. The van der Waals surface area contributed by atoms with Gasteiger partial charge in [0.1, 0.15) is 5.92 Å². The SMILES string of the molecule is CCC(C#N)C(=O)N1CCCSCC1. The first kappa shape index (κ1) is 11.4. The first-order chi connectivity index (χ1) is 6.79. The summed E-state index contributed by atoms with van der Waals surface area (Å²) >= 11 is 1.89. The summed E-state index contributed by atoms with van der Waals surface area (Å²) in [5.41, 5.74) is 0. The van der Waals surface area contributed by atoms with Crippen LogP contribution >= 0.6 is 11.8 Å². The van der Waals surface area contributed by atoms with E-state index < -0.39 is 5.92 Å². The van der Waals surface area contributed by atoms with Crippen molar-refractivity contribution < 1.29 is 4.79 Å². The first-order valence-electron chi connectivity index (χ1n) is 5.05. The number of hydrogen-bond donors (Lipinski definition) is 0. The molecule has 0 N–H and O–H groups in total. The van der Waals surface area contributed by atoms with Crippen molar-refractivity contribution in [2.24, 2.45) is 5.92 Å². The van der Waals surface area contributed by atoms with E-state index in [1.54, 1.807) is 0 Å². The first-order valence-corrected chi connectivity index (χ1v) is 6.21. The topological polar surface area (TPSA) is 44.1 Å². The monoisotopic (exact) mass is 212 g/mol. The maximum absolute atomic E-state index is 11.8. The molecule has 1 rings (SSSR count). The van der Waals surface area contributed by atoms with Crippen LogP contribution in [-0.4, -0.2) is 35.4 Å². The molecule has 0 spiro atoms. The zero-order valence-electron chi connectivity index (χ0n) is 8.53. The molecule has 0 aromatic carbocycles. The van der Waals surface area contributed by atoms with Crippen LogP contribution < -0.4 is 0 Å². The predicted molar refractivity (Wildman–Crippen MR) is 57.9 cm³/mol. The van der Waals surface area contributed by atoms with E-state index in [4.69, 9.17) is 5.26 Å². The Morgan fingerprint density at radius 1 is 1.57 bits per heavy atom. The molecule has 0 aromatic rings. The number of nitrogens with zero attached hydrogens (tertiary/aromatic N) is 2. The van der Waals surface area contributed by atoms with E-state index in [1.807, 2.05) is 23.6 Å². The number of hydrogen-bond acceptors (Lipinski definition) is 3. The van der Waals surface area contributed by atoms with Gasteiger partial charge >= 0.3 is 0 Å². The van der Waals surface area contributed by atoms with Crippen LogP contribution in [0.2, 0.25) is 0 Å². The second-order valence-corrected chi connectivity index (χ2v) is 4.61. The van der Waals surface area contributed by atoms with E-state index in [9.17, 15) is 4.79 Å². The van der Waals surface area contributed by atoms with Gasteiger partial charge in [-0.15, -0.1) is 0 Å². The molecule has 0 bridgehead atoms. The Balaban J connectivity index is 2.53. The minimum absolute atomic E-state index is 0.0255. The van der Waals surface area contributed by atoms with Crippen molar-refractivity contribution in [3.63, 3.8) is 0 Å². The lowest BCUT2D eigenvalue weighted by Crippen LogP contribution is -2.37. The predicted octanol–water partition coefficient (Wildman–Crippen LogP) is 1.50. The van der Waals surface area contributed by atoms with Crippen LogP contribution in [0.1, 0.15) is 19.8 Å². The average molecular weight is 212 g/mol. The lowest BCUT2D eigenvalue weighted by atomic mass is 10.1. The maximum Gasteiger partial charge on any atom is 0.239 e. The fraction of sp³-hybridized carbons (Fsp3) is 0.800. The van der Waals surface area contributed by atoms with Gasteiger partial charge in [0.05, 0.1) is 6.07 Å². The van der Waals surface area contributed by atoms with E-state index in [-0.39, 0.29) is 5.91 Å². The summed E-state index contributed by atoms with van der Waals surface area (Å²) < 4.78 is 0. The smallest absolute Gasteiger partial charge is 0.239 e. The Morgan fingerprint density at radius 3 is 3.00 bits per heavy atom. The molecule has 1 aliphatic heterocycles. The number of nitriles is 1. The third-order valence-corrected chi connectivity index (χ3v) is 3.44. The second-order valence-electron chi connectivity index (χ2n) is 3.38. The van der Waals surface area contributed by atoms with Crippen LogP contribution in [0.5, 0.6) is 0 Å². The van der Waals surface area contributed by atoms with Crippen LogP contribution in [-0.2, 0) is 4.79 Å². The number of rotatable bonds is 2. The minimum Gasteiger partial charge on any atom is -0.341 e. The summed E-state index contributed by atoms with van der Waals surface area (Å²) in [5.74, 6) is 1.73. The minimum atomic E-state index is -0.432. The van der Waals surface area contributed by atoms with Gasteiger partial charge in [-0.1, -0.05) is 6.92 Å². The van der Waals surface area contributed by atoms with Crippen LogP contribution in [0.15, 0.2) is 0 Å². The van der Waals surface area contributed by atoms with Crippen LogP contribution in [0.4, 0.5) is 0 Å². The number of amides is 1. The molecule has 1 saturated heterocycles. The van der Waals surface area contributed by atoms with Crippen molar-refractivity contribution in [1.29, 1.82) is 5.26 Å². The zero-order chi connectivity index (χ0) is 10.4. The highest BCUT2D eigenvalue weighted by molar-refractivity contribution is 7.99. The van der Waals surface area contributed by atoms with Gasteiger partial charge < -0.3 is 4.90 Å². The summed E-state index contributed by atoms with van der Waals surface area (Å²) in [4.78, 5) is 13.7. The van der Waals surface area contributed by atoms with Crippen molar-refractivity contribution in [3.05, 3.63) is 0 Å². The van der Waals surface area contributed by atoms with Crippen LogP contribution in [0, 0.1) is 17.2 Å². The molecule has 0 aromatic heterocycles. The van der Waals surface area contributed by atoms with Crippen molar-refractivity contribution >= 4 is 17.7 Å². The van der Waals surface area contributed by atoms with Gasteiger partial charge in [0.25, 0.3) is 0 Å². The van der Waals surface area contributed by atoms with Gasteiger partial charge in [-0.3, -0.25) is 4.79 Å². The molecular weight excluding hydrogens is 196 g/mol. The summed E-state index contributed by atoms with van der Waals surface area (Å²) in [6, 6.07) is 2.07. The molecule has 1 fully saturated rings. The third-order valence-electron chi connectivity index (χ3n) is 2.40. The highest BCUT2D eigenvalue weighted by Crippen LogP contribution is 2.13. The van der Waals surface area contributed by atoms with E-state index in [0.29, 0.717) is 6.42 Å². The number of carbonyl (C=O) groups excluding carboxylic acids is 1. The standard InChI is InChI=1S/C10H16N2OS/c1-2-9(8-11)10(13)12-4-3-6-14-7-5-12/h9H,2-7H2,1H3. The van der Waals surface area contributed by atoms with Crippen molar-refractivity contribution in [3.8, 4) is 6.07 Å². The quantitative estimate of drug-likeness (QED) is 0.696. The Labute approximate surface area is 89.5 Å². The maximum atomic E-state index is 11.8. The molecule has 1 heterocycles. The molecule has 1 aliphatic rings. The lowest BCUT2D eigenvalue weighted by molar-refractivity contribution is -0.133. The van der Waals surface area contributed by atoms with E-state index in [2.05, 4.69) is 6.07 Å². The van der Waals surface area contributed by atoms with Gasteiger partial charge in [0.15, 0.2) is 0 Å². The molecule has 1 unspecified atom stereocenters. The number of carbonyl (C=O) groups is 1. The summed E-state index contributed by atoms with van der Waals surface area (Å²) in [6.07, 6.45) is 1.68. The normalized spacial score (nSPS) is 19.6. The van der Waals surface area contributed by atoms with Crippen LogP contribution in [0.25, 0.3) is 0 Å². The zero-order valence-corrected chi connectivity index (χ0v) is 9.35. The van der Waals surface area contributed by atoms with Crippen molar-refractivity contribution in [2.75, 3.05) is 24.6 Å². The van der Waals surface area contributed by atoms with Gasteiger partial charge in [0.2, 0.25) is 5.91 Å².